The van der Waals surface area contributed by atoms with E-state index < -0.39 is 36.2 Å². The number of hydrogen-bond acceptors (Lipinski definition) is 7. The molecule has 0 spiro atoms. The maximum absolute atomic E-state index is 12.0. The molecule has 1 aromatic heterocycles. The molecule has 2 amide bonds. The van der Waals surface area contributed by atoms with Gasteiger partial charge in [-0.05, 0) is 30.2 Å². The average Bonchev–Trinajstić information content (AvgIpc) is 3.27. The summed E-state index contributed by atoms with van der Waals surface area (Å²) in [5, 5.41) is 29.8. The molecule has 2 bridgehead atoms. The number of rotatable bonds is 8. The van der Waals surface area contributed by atoms with Crippen molar-refractivity contribution < 1.29 is 39.2 Å². The van der Waals surface area contributed by atoms with Gasteiger partial charge in [0.2, 0.25) is 0 Å². The first-order valence-corrected chi connectivity index (χ1v) is 12.7. The zero-order valence-corrected chi connectivity index (χ0v) is 21.8. The minimum atomic E-state index is -1.23. The predicted octanol–water partition coefficient (Wildman–Crippen LogP) is 4.41. The summed E-state index contributed by atoms with van der Waals surface area (Å²) in [6.45, 7) is 1.96. The zero-order chi connectivity index (χ0) is 26.9. The zero-order valence-electron chi connectivity index (χ0n) is 19.5. The Labute approximate surface area is 225 Å². The SMILES string of the molecule is Cc1cc(Cl)c(OCCOc2ncc(C3=CC4CN(C(=O)O)CC(C3CC(=O)O)N4C(=O)O)s2)c(Cl)c1. The minimum absolute atomic E-state index is 0.0505. The lowest BCUT2D eigenvalue weighted by Gasteiger charge is -2.50. The van der Waals surface area contributed by atoms with Crippen molar-refractivity contribution in [2.45, 2.75) is 25.4 Å². The Balaban J connectivity index is 1.50. The van der Waals surface area contributed by atoms with E-state index in [2.05, 4.69) is 4.98 Å². The van der Waals surface area contributed by atoms with E-state index >= 15 is 0 Å². The lowest BCUT2D eigenvalue weighted by atomic mass is 9.79. The van der Waals surface area contributed by atoms with Crippen LogP contribution in [0.3, 0.4) is 0 Å². The molecule has 2 aromatic rings. The number of halogens is 2. The maximum atomic E-state index is 12.0. The number of aryl methyl sites for hydroxylation is 1. The quantitative estimate of drug-likeness (QED) is 0.391. The molecule has 3 heterocycles. The molecule has 1 saturated heterocycles. The summed E-state index contributed by atoms with van der Waals surface area (Å²) in [5.41, 5.74) is 1.51. The molecule has 1 aromatic carbocycles. The van der Waals surface area contributed by atoms with Crippen LogP contribution in [0.2, 0.25) is 10.0 Å². The Hall–Kier alpha value is -3.22. The van der Waals surface area contributed by atoms with Crippen molar-refractivity contribution in [2.24, 2.45) is 5.92 Å². The fourth-order valence-corrected chi connectivity index (χ4v) is 6.22. The number of carboxylic acid groups (broad SMARTS) is 3. The van der Waals surface area contributed by atoms with Crippen molar-refractivity contribution in [3.63, 3.8) is 0 Å². The standard InChI is InChI=1S/C23H23Cl2N3O8S/c1-11-4-15(24)20(16(25)5-11)35-2-3-36-21-26-8-18(37-21)14-6-12-9-27(22(31)32)10-17(28(12)23(33)34)13(14)7-19(29)30/h4-6,8,12-13,17H,2-3,7,9-10H2,1H3,(H,29,30)(H,31,32)(H,33,34). The molecule has 3 unspecified atom stereocenters. The molecule has 4 rings (SSSR count). The number of aromatic nitrogens is 1. The highest BCUT2D eigenvalue weighted by molar-refractivity contribution is 7.14. The number of benzene rings is 1. The first kappa shape index (κ1) is 26.8. The molecule has 0 radical (unpaired) electrons. The van der Waals surface area contributed by atoms with E-state index in [9.17, 15) is 29.7 Å². The van der Waals surface area contributed by atoms with Crippen LogP contribution in [0.4, 0.5) is 9.59 Å². The Bertz CT molecular complexity index is 1230. The second kappa shape index (κ2) is 11.0. The Morgan fingerprint density at radius 2 is 1.76 bits per heavy atom. The van der Waals surface area contributed by atoms with Gasteiger partial charge < -0.3 is 29.7 Å². The lowest BCUT2D eigenvalue weighted by molar-refractivity contribution is -0.138. The lowest BCUT2D eigenvalue weighted by Crippen LogP contribution is -2.64. The predicted molar refractivity (Wildman–Crippen MR) is 135 cm³/mol. The van der Waals surface area contributed by atoms with Gasteiger partial charge in [0.1, 0.15) is 13.2 Å². The van der Waals surface area contributed by atoms with Crippen LogP contribution in [0.25, 0.3) is 5.57 Å². The van der Waals surface area contributed by atoms with Crippen LogP contribution in [0.15, 0.2) is 24.4 Å². The van der Waals surface area contributed by atoms with E-state index in [0.717, 1.165) is 15.4 Å². The number of carbonyl (C=O) groups is 3. The second-order valence-electron chi connectivity index (χ2n) is 8.58. The van der Waals surface area contributed by atoms with Gasteiger partial charge in [-0.15, -0.1) is 0 Å². The number of carboxylic acids is 1. The third-order valence-electron chi connectivity index (χ3n) is 6.12. The number of piperazine rings is 1. The van der Waals surface area contributed by atoms with Crippen molar-refractivity contribution in [3.8, 4) is 10.9 Å². The second-order valence-corrected chi connectivity index (χ2v) is 10.4. The van der Waals surface area contributed by atoms with Crippen LogP contribution < -0.4 is 9.47 Å². The van der Waals surface area contributed by atoms with Gasteiger partial charge in [0.15, 0.2) is 5.75 Å². The van der Waals surface area contributed by atoms with Crippen molar-refractivity contribution in [1.82, 2.24) is 14.8 Å². The number of aliphatic carboxylic acids is 1. The summed E-state index contributed by atoms with van der Waals surface area (Å²) in [6.07, 6.45) is 0.370. The topological polar surface area (TPSA) is 150 Å². The molecule has 0 saturated carbocycles. The third-order valence-corrected chi connectivity index (χ3v) is 7.64. The van der Waals surface area contributed by atoms with Gasteiger partial charge in [0.05, 0.1) is 33.4 Å². The van der Waals surface area contributed by atoms with E-state index in [1.807, 2.05) is 6.92 Å². The number of nitrogens with zero attached hydrogens (tertiary/aromatic N) is 3. The maximum Gasteiger partial charge on any atom is 0.408 e. The van der Waals surface area contributed by atoms with Crippen LogP contribution in [-0.4, -0.2) is 86.6 Å². The van der Waals surface area contributed by atoms with E-state index in [0.29, 0.717) is 31.4 Å². The first-order chi connectivity index (χ1) is 17.5. The van der Waals surface area contributed by atoms with Crippen LogP contribution >= 0.6 is 34.5 Å². The fraction of sp³-hybridized carbons (Fsp3) is 0.391. The highest BCUT2D eigenvalue weighted by atomic mass is 35.5. The average molecular weight is 572 g/mol. The van der Waals surface area contributed by atoms with Crippen LogP contribution in [0.5, 0.6) is 10.9 Å². The number of fused-ring (bicyclic) bond motifs is 2. The van der Waals surface area contributed by atoms with Crippen LogP contribution in [-0.2, 0) is 4.79 Å². The number of ether oxygens (including phenoxy) is 2. The third kappa shape index (κ3) is 5.86. The summed E-state index contributed by atoms with van der Waals surface area (Å²) in [6, 6.07) is 1.86. The largest absolute Gasteiger partial charge is 0.487 e. The first-order valence-electron chi connectivity index (χ1n) is 11.1. The van der Waals surface area contributed by atoms with Gasteiger partial charge in [0.25, 0.3) is 5.19 Å². The monoisotopic (exact) mass is 571 g/mol. The normalized spacial score (nSPS) is 20.8. The smallest absolute Gasteiger partial charge is 0.408 e. The Morgan fingerprint density at radius 1 is 1.08 bits per heavy atom. The van der Waals surface area contributed by atoms with Gasteiger partial charge in [-0.1, -0.05) is 40.6 Å². The van der Waals surface area contributed by atoms with Crippen LogP contribution in [0.1, 0.15) is 16.9 Å². The fourth-order valence-electron chi connectivity index (χ4n) is 4.63. The molecule has 3 atom stereocenters. The number of amides is 2. The van der Waals surface area contributed by atoms with Gasteiger partial charge in [-0.3, -0.25) is 9.69 Å². The van der Waals surface area contributed by atoms with Crippen molar-refractivity contribution in [1.29, 1.82) is 0 Å². The number of thiazole rings is 1. The van der Waals surface area contributed by atoms with Crippen molar-refractivity contribution in [3.05, 3.63) is 44.9 Å². The van der Waals surface area contributed by atoms with Gasteiger partial charge in [-0.2, -0.15) is 0 Å². The van der Waals surface area contributed by atoms with E-state index in [1.54, 1.807) is 18.2 Å². The molecule has 1 fully saturated rings. The molecule has 14 heteroatoms. The number of hydrogen-bond donors (Lipinski definition) is 3. The summed E-state index contributed by atoms with van der Waals surface area (Å²) in [5.74, 6) is -1.54. The summed E-state index contributed by atoms with van der Waals surface area (Å²) < 4.78 is 11.3. The van der Waals surface area contributed by atoms with E-state index in [-0.39, 0.29) is 32.7 Å². The van der Waals surface area contributed by atoms with Gasteiger partial charge in [0, 0.05) is 25.2 Å². The summed E-state index contributed by atoms with van der Waals surface area (Å²) in [7, 11) is 0. The molecule has 0 aliphatic carbocycles. The van der Waals surface area contributed by atoms with E-state index in [4.69, 9.17) is 32.7 Å². The summed E-state index contributed by atoms with van der Waals surface area (Å²) >= 11 is 13.5. The molecular formula is C23H23Cl2N3O8S. The highest BCUT2D eigenvalue weighted by Gasteiger charge is 2.47. The van der Waals surface area contributed by atoms with Crippen molar-refractivity contribution in [2.75, 3.05) is 26.3 Å². The minimum Gasteiger partial charge on any atom is -0.487 e. The molecule has 11 nitrogen and oxygen atoms in total. The Morgan fingerprint density at radius 3 is 2.38 bits per heavy atom. The molecule has 198 valence electrons. The molecule has 37 heavy (non-hydrogen) atoms. The van der Waals surface area contributed by atoms with Gasteiger partial charge >= 0.3 is 18.2 Å². The Kier molecular flexibility index (Phi) is 8.00. The molecule has 2 aliphatic heterocycles. The molecule has 3 N–H and O–H groups in total. The van der Waals surface area contributed by atoms with E-state index in [1.165, 1.54) is 17.5 Å². The van der Waals surface area contributed by atoms with Crippen molar-refractivity contribution >= 4 is 58.3 Å². The van der Waals surface area contributed by atoms with Crippen LogP contribution in [0, 0.1) is 12.8 Å². The molecule has 2 aliphatic rings. The molecular weight excluding hydrogens is 549 g/mol. The van der Waals surface area contributed by atoms with Gasteiger partial charge in [-0.25, -0.2) is 14.6 Å². The summed E-state index contributed by atoms with van der Waals surface area (Å²) in [4.78, 5) is 42.3. The highest BCUT2D eigenvalue weighted by Crippen LogP contribution is 2.42.